The third-order valence-corrected chi connectivity index (χ3v) is 5.30. The summed E-state index contributed by atoms with van der Waals surface area (Å²) >= 11 is 3.58. The molecule has 3 aliphatic heterocycles. The molecule has 0 saturated carbocycles. The number of hydrogen-bond acceptors (Lipinski definition) is 4. The second-order valence-electron chi connectivity index (χ2n) is 6.37. The van der Waals surface area contributed by atoms with Gasteiger partial charge < -0.3 is 9.80 Å². The number of rotatable bonds is 3. The van der Waals surface area contributed by atoms with Crippen LogP contribution in [0.4, 0.5) is 0 Å². The summed E-state index contributed by atoms with van der Waals surface area (Å²) in [5.74, 6) is 0.472. The van der Waals surface area contributed by atoms with Gasteiger partial charge in [-0.05, 0) is 20.5 Å². The topological polar surface area (TPSA) is 48.3 Å². The molecule has 3 aliphatic rings. The molecule has 1 saturated heterocycles. The Morgan fingerprint density at radius 3 is 3.05 bits per heavy atom. The number of amides is 1. The molecule has 0 bridgehead atoms. The van der Waals surface area contributed by atoms with E-state index < -0.39 is 0 Å². The molecule has 3 heterocycles. The largest absolute Gasteiger partial charge is 0.341 e. The lowest BCUT2D eigenvalue weighted by atomic mass is 10.0. The fraction of sp³-hybridized carbons (Fsp3) is 0.533. The lowest BCUT2D eigenvalue weighted by Crippen LogP contribution is -2.39. The van der Waals surface area contributed by atoms with E-state index in [1.807, 2.05) is 36.3 Å². The zero-order valence-electron chi connectivity index (χ0n) is 13.2. The van der Waals surface area contributed by atoms with Crippen molar-refractivity contribution in [2.24, 2.45) is 15.9 Å². The first-order valence-corrected chi connectivity index (χ1v) is 8.20. The monoisotopic (exact) mass is 366 g/mol. The second-order valence-corrected chi connectivity index (χ2v) is 7.08. The Morgan fingerprint density at radius 2 is 2.32 bits per heavy atom. The highest BCUT2D eigenvalue weighted by molar-refractivity contribution is 9.18. The van der Waals surface area contributed by atoms with Crippen LogP contribution in [0.3, 0.4) is 0 Å². The molecule has 0 aromatic carbocycles. The Kier molecular flexibility index (Phi) is 4.05. The highest BCUT2D eigenvalue weighted by atomic mass is 79.9. The van der Waals surface area contributed by atoms with Crippen molar-refractivity contribution in [3.8, 4) is 0 Å². The van der Waals surface area contributed by atoms with E-state index in [4.69, 9.17) is 4.99 Å². The zero-order chi connectivity index (χ0) is 15.9. The number of halogens is 1. The maximum atomic E-state index is 12.2. The van der Waals surface area contributed by atoms with Crippen molar-refractivity contribution in [3.05, 3.63) is 23.8 Å². The summed E-state index contributed by atoms with van der Waals surface area (Å²) < 4.78 is 1.40. The number of nitrogens with zero attached hydrogens (tertiary/aromatic N) is 5. The molecule has 2 atom stereocenters. The minimum absolute atomic E-state index is 0.189. The molecule has 22 heavy (non-hydrogen) atoms. The summed E-state index contributed by atoms with van der Waals surface area (Å²) in [4.78, 5) is 25.1. The molecular weight excluding hydrogens is 346 g/mol. The van der Waals surface area contributed by atoms with E-state index in [1.165, 1.54) is 0 Å². The summed E-state index contributed by atoms with van der Waals surface area (Å²) in [6.45, 7) is 2.01. The standard InChI is InChI=1S/C15H21BrN5O/c1-19(2)10-13(22)20-6-4-11(9-20)14-12-8-17-5-7-21(12,3)15(16)18-14/h5,7-8,11H,4,6,9-10H2,1-3H3/q+1. The van der Waals surface area contributed by atoms with Gasteiger partial charge in [-0.25, -0.2) is 4.48 Å². The molecule has 2 unspecified atom stereocenters. The van der Waals surface area contributed by atoms with Gasteiger partial charge in [-0.15, -0.1) is 0 Å². The van der Waals surface area contributed by atoms with E-state index in [9.17, 15) is 4.79 Å². The lowest BCUT2D eigenvalue weighted by Gasteiger charge is -2.25. The number of hydrogen-bond donors (Lipinski definition) is 0. The van der Waals surface area contributed by atoms with Gasteiger partial charge in [0.25, 0.3) is 4.74 Å². The Hall–Kier alpha value is -1.31. The van der Waals surface area contributed by atoms with Crippen molar-refractivity contribution in [1.29, 1.82) is 0 Å². The molecule has 1 amide bonds. The normalized spacial score (nSPS) is 30.3. The smallest absolute Gasteiger partial charge is 0.281 e. The molecule has 0 aliphatic carbocycles. The quantitative estimate of drug-likeness (QED) is 0.559. The number of carbonyl (C=O) groups is 1. The number of aliphatic imine (C=N–C) groups is 2. The maximum absolute atomic E-state index is 12.2. The Bertz CT molecular complexity index is 621. The fourth-order valence-corrected chi connectivity index (χ4v) is 3.59. The fourth-order valence-electron chi connectivity index (χ4n) is 3.09. The van der Waals surface area contributed by atoms with Gasteiger partial charge in [-0.3, -0.25) is 9.79 Å². The van der Waals surface area contributed by atoms with E-state index in [0.29, 0.717) is 11.0 Å². The molecule has 0 spiro atoms. The molecule has 0 N–H and O–H groups in total. The molecule has 0 aromatic heterocycles. The predicted molar refractivity (Wildman–Crippen MR) is 90.4 cm³/mol. The third kappa shape index (κ3) is 2.57. The highest BCUT2D eigenvalue weighted by Crippen LogP contribution is 2.38. The van der Waals surface area contributed by atoms with Crippen molar-refractivity contribution < 1.29 is 9.28 Å². The number of allylic oxidation sites excluding steroid dienone is 1. The SMILES string of the molecule is CN(C)CC(=O)N1CCC(C2=C3C=NC=C[N+]3(C)C(Br)=N2)C1. The van der Waals surface area contributed by atoms with Gasteiger partial charge in [0.15, 0.2) is 5.70 Å². The average molecular weight is 367 g/mol. The average Bonchev–Trinajstić information content (AvgIpc) is 3.02. The molecule has 1 fully saturated rings. The Labute approximate surface area is 139 Å². The second kappa shape index (κ2) is 5.72. The van der Waals surface area contributed by atoms with Crippen LogP contribution in [0.25, 0.3) is 0 Å². The van der Waals surface area contributed by atoms with Crippen molar-refractivity contribution in [2.75, 3.05) is 40.8 Å². The van der Waals surface area contributed by atoms with Crippen LogP contribution in [-0.2, 0) is 4.79 Å². The van der Waals surface area contributed by atoms with Gasteiger partial charge in [0.2, 0.25) is 5.91 Å². The Morgan fingerprint density at radius 1 is 1.55 bits per heavy atom. The van der Waals surface area contributed by atoms with Crippen molar-refractivity contribution in [2.45, 2.75) is 6.42 Å². The number of amidine groups is 1. The van der Waals surface area contributed by atoms with Gasteiger partial charge >= 0.3 is 0 Å². The van der Waals surface area contributed by atoms with Crippen LogP contribution in [0.2, 0.25) is 0 Å². The first-order chi connectivity index (χ1) is 10.4. The van der Waals surface area contributed by atoms with E-state index >= 15 is 0 Å². The summed E-state index contributed by atoms with van der Waals surface area (Å²) in [7, 11) is 5.92. The predicted octanol–water partition coefficient (Wildman–Crippen LogP) is 1.37. The lowest BCUT2D eigenvalue weighted by molar-refractivity contribution is -0.709. The van der Waals surface area contributed by atoms with Gasteiger partial charge in [-0.1, -0.05) is 0 Å². The number of carbonyl (C=O) groups excluding carboxylic acids is 1. The number of likely N-dealkylation sites (tertiary alicyclic amines) is 1. The van der Waals surface area contributed by atoms with Gasteiger partial charge in [-0.2, -0.15) is 4.99 Å². The first-order valence-electron chi connectivity index (χ1n) is 7.41. The molecule has 118 valence electrons. The highest BCUT2D eigenvalue weighted by Gasteiger charge is 2.44. The third-order valence-electron chi connectivity index (χ3n) is 4.39. The minimum Gasteiger partial charge on any atom is -0.341 e. The zero-order valence-corrected chi connectivity index (χ0v) is 14.7. The Balaban J connectivity index is 1.79. The van der Waals surface area contributed by atoms with Crippen molar-refractivity contribution >= 4 is 32.8 Å². The van der Waals surface area contributed by atoms with Crippen LogP contribution in [0.15, 0.2) is 33.8 Å². The van der Waals surface area contributed by atoms with E-state index in [0.717, 1.165) is 35.6 Å². The maximum Gasteiger partial charge on any atom is 0.281 e. The van der Waals surface area contributed by atoms with Gasteiger partial charge in [0.1, 0.15) is 11.9 Å². The van der Waals surface area contributed by atoms with Crippen LogP contribution in [0, 0.1) is 5.92 Å². The summed E-state index contributed by atoms with van der Waals surface area (Å²) in [5.41, 5.74) is 2.16. The van der Waals surface area contributed by atoms with Crippen LogP contribution in [-0.4, -0.2) is 71.9 Å². The van der Waals surface area contributed by atoms with Crippen LogP contribution in [0.5, 0.6) is 0 Å². The number of fused-ring (bicyclic) bond motifs is 1. The van der Waals surface area contributed by atoms with Crippen LogP contribution in [0.1, 0.15) is 6.42 Å². The van der Waals surface area contributed by atoms with E-state index in [-0.39, 0.29) is 11.8 Å². The molecule has 6 nitrogen and oxygen atoms in total. The number of likely N-dealkylation sites (N-methyl/N-ethyl adjacent to an activating group) is 1. The molecule has 0 radical (unpaired) electrons. The van der Waals surface area contributed by atoms with Crippen LogP contribution < -0.4 is 0 Å². The minimum atomic E-state index is 0.189. The number of quaternary nitrogens is 1. The van der Waals surface area contributed by atoms with Crippen molar-refractivity contribution in [1.82, 2.24) is 9.80 Å². The van der Waals surface area contributed by atoms with Gasteiger partial charge in [0, 0.05) is 34.9 Å². The van der Waals surface area contributed by atoms with Crippen LogP contribution >= 0.6 is 15.9 Å². The summed E-state index contributed by atoms with van der Waals surface area (Å²) in [6.07, 6.45) is 6.65. The van der Waals surface area contributed by atoms with Crippen molar-refractivity contribution in [3.63, 3.8) is 0 Å². The van der Waals surface area contributed by atoms with Gasteiger partial charge in [0.05, 0.1) is 26.0 Å². The first kappa shape index (κ1) is 15.6. The summed E-state index contributed by atoms with van der Waals surface area (Å²) in [6, 6.07) is 0. The van der Waals surface area contributed by atoms with E-state index in [2.05, 4.69) is 28.0 Å². The molecular formula is C15H21BrN5O+. The molecule has 3 rings (SSSR count). The van der Waals surface area contributed by atoms with E-state index in [1.54, 1.807) is 6.20 Å². The molecule has 0 aromatic rings. The molecule has 7 heteroatoms. The summed E-state index contributed by atoms with van der Waals surface area (Å²) in [5, 5.41) is 0.